The van der Waals surface area contributed by atoms with Crippen molar-refractivity contribution in [2.24, 2.45) is 0 Å². The van der Waals surface area contributed by atoms with Crippen LogP contribution in [0.1, 0.15) is 23.2 Å². The van der Waals surface area contributed by atoms with Crippen molar-refractivity contribution in [3.05, 3.63) is 27.7 Å². The molecule has 2 heterocycles. The molecule has 2 saturated heterocycles. The minimum absolute atomic E-state index is 0.109. The van der Waals surface area contributed by atoms with E-state index in [0.29, 0.717) is 54.1 Å². The van der Waals surface area contributed by atoms with Gasteiger partial charge in [-0.15, -0.1) is 0 Å². The van der Waals surface area contributed by atoms with Crippen LogP contribution in [0.3, 0.4) is 0 Å². The highest BCUT2D eigenvalue weighted by Gasteiger charge is 2.26. The highest BCUT2D eigenvalue weighted by atomic mass is 35.5. The highest BCUT2D eigenvalue weighted by molar-refractivity contribution is 6.37. The number of amides is 2. The van der Waals surface area contributed by atoms with E-state index in [1.807, 2.05) is 4.90 Å². The zero-order valence-corrected chi connectivity index (χ0v) is 16.4. The van der Waals surface area contributed by atoms with Gasteiger partial charge in [0.25, 0.3) is 5.91 Å². The third-order valence-electron chi connectivity index (χ3n) is 4.93. The zero-order valence-electron chi connectivity index (χ0n) is 14.8. The Hall–Kier alpha value is -1.50. The summed E-state index contributed by atoms with van der Waals surface area (Å²) in [6.07, 6.45) is 2.20. The lowest BCUT2D eigenvalue weighted by atomic mass is 10.1. The fraction of sp³-hybridized carbons (Fsp3) is 0.556. The third-order valence-corrected chi connectivity index (χ3v) is 5.49. The van der Waals surface area contributed by atoms with Crippen molar-refractivity contribution in [3.63, 3.8) is 0 Å². The van der Waals surface area contributed by atoms with Crippen molar-refractivity contribution >= 4 is 35.0 Å². The topological polar surface area (TPSA) is 53.1 Å². The molecule has 26 heavy (non-hydrogen) atoms. The van der Waals surface area contributed by atoms with Crippen LogP contribution < -0.4 is 4.74 Å². The maximum atomic E-state index is 12.7. The molecule has 0 saturated carbocycles. The Bertz CT molecular complexity index is 661. The number of likely N-dealkylation sites (tertiary alicyclic amines) is 1. The van der Waals surface area contributed by atoms with Gasteiger partial charge in [0.1, 0.15) is 0 Å². The lowest BCUT2D eigenvalue weighted by Crippen LogP contribution is -2.51. The number of benzene rings is 1. The van der Waals surface area contributed by atoms with E-state index in [2.05, 4.69) is 4.90 Å². The van der Waals surface area contributed by atoms with Crippen LogP contribution in [-0.4, -0.2) is 79.4 Å². The van der Waals surface area contributed by atoms with Crippen LogP contribution in [0, 0.1) is 0 Å². The van der Waals surface area contributed by atoms with Crippen LogP contribution in [0.4, 0.5) is 0 Å². The molecule has 0 unspecified atom stereocenters. The van der Waals surface area contributed by atoms with Gasteiger partial charge in [0.2, 0.25) is 5.91 Å². The van der Waals surface area contributed by atoms with Gasteiger partial charge in [-0.1, -0.05) is 23.2 Å². The summed E-state index contributed by atoms with van der Waals surface area (Å²) in [6.45, 7) is 4.70. The Morgan fingerprint density at radius 1 is 0.962 bits per heavy atom. The smallest absolute Gasteiger partial charge is 0.254 e. The summed E-state index contributed by atoms with van der Waals surface area (Å²) >= 11 is 12.3. The summed E-state index contributed by atoms with van der Waals surface area (Å²) in [5.74, 6) is 0.452. The predicted molar refractivity (Wildman–Crippen MR) is 101 cm³/mol. The van der Waals surface area contributed by atoms with Crippen molar-refractivity contribution in [1.82, 2.24) is 14.7 Å². The second kappa shape index (κ2) is 8.46. The molecular weight excluding hydrogens is 377 g/mol. The first-order chi connectivity index (χ1) is 12.5. The number of nitrogens with zero attached hydrogens (tertiary/aromatic N) is 3. The van der Waals surface area contributed by atoms with E-state index in [0.717, 1.165) is 25.9 Å². The van der Waals surface area contributed by atoms with Gasteiger partial charge in [0.15, 0.2) is 5.75 Å². The summed E-state index contributed by atoms with van der Waals surface area (Å²) in [7, 11) is 1.48. The number of halogens is 2. The second-order valence-electron chi connectivity index (χ2n) is 6.63. The van der Waals surface area contributed by atoms with Crippen molar-refractivity contribution in [1.29, 1.82) is 0 Å². The van der Waals surface area contributed by atoms with Gasteiger partial charge in [0.05, 0.1) is 23.7 Å². The molecule has 0 spiro atoms. The van der Waals surface area contributed by atoms with E-state index in [9.17, 15) is 9.59 Å². The summed E-state index contributed by atoms with van der Waals surface area (Å²) < 4.78 is 5.12. The quantitative estimate of drug-likeness (QED) is 0.779. The lowest BCUT2D eigenvalue weighted by Gasteiger charge is -2.35. The Morgan fingerprint density at radius 2 is 1.54 bits per heavy atom. The summed E-state index contributed by atoms with van der Waals surface area (Å²) in [4.78, 5) is 30.8. The van der Waals surface area contributed by atoms with E-state index in [1.54, 1.807) is 17.0 Å². The SMILES string of the molecule is COc1c(Cl)cc(C(=O)N2CCN(CC(=O)N3CCCC3)CC2)cc1Cl. The maximum absolute atomic E-state index is 12.7. The van der Waals surface area contributed by atoms with E-state index in [-0.39, 0.29) is 11.8 Å². The van der Waals surface area contributed by atoms with Crippen molar-refractivity contribution in [3.8, 4) is 5.75 Å². The molecule has 142 valence electrons. The molecule has 2 aliphatic heterocycles. The largest absolute Gasteiger partial charge is 0.494 e. The number of carbonyl (C=O) groups excluding carboxylic acids is 2. The Morgan fingerprint density at radius 3 is 2.08 bits per heavy atom. The van der Waals surface area contributed by atoms with Crippen LogP contribution in [0.2, 0.25) is 10.0 Å². The van der Waals surface area contributed by atoms with E-state index in [1.165, 1.54) is 7.11 Å². The standard InChI is InChI=1S/C18H23Cl2N3O3/c1-26-17-14(19)10-13(11-15(17)20)18(25)23-8-6-21(7-9-23)12-16(24)22-4-2-3-5-22/h10-11H,2-9,12H2,1H3. The Balaban J connectivity index is 1.56. The first-order valence-electron chi connectivity index (χ1n) is 8.82. The average molecular weight is 400 g/mol. The fourth-order valence-electron chi connectivity index (χ4n) is 3.43. The van der Waals surface area contributed by atoms with Gasteiger partial charge < -0.3 is 14.5 Å². The summed E-state index contributed by atoms with van der Waals surface area (Å²) in [6, 6.07) is 3.16. The number of piperazine rings is 1. The maximum Gasteiger partial charge on any atom is 0.254 e. The number of hydrogen-bond donors (Lipinski definition) is 0. The van der Waals surface area contributed by atoms with Crippen LogP contribution in [-0.2, 0) is 4.79 Å². The third kappa shape index (κ3) is 4.24. The van der Waals surface area contributed by atoms with Crippen molar-refractivity contribution < 1.29 is 14.3 Å². The highest BCUT2D eigenvalue weighted by Crippen LogP contribution is 2.34. The van der Waals surface area contributed by atoms with Gasteiger partial charge in [-0.3, -0.25) is 14.5 Å². The van der Waals surface area contributed by atoms with Crippen LogP contribution in [0.15, 0.2) is 12.1 Å². The van der Waals surface area contributed by atoms with E-state index < -0.39 is 0 Å². The molecule has 2 aliphatic rings. The number of rotatable bonds is 4. The number of hydrogen-bond acceptors (Lipinski definition) is 4. The minimum Gasteiger partial charge on any atom is -0.494 e. The molecule has 8 heteroatoms. The number of carbonyl (C=O) groups is 2. The molecule has 0 N–H and O–H groups in total. The first-order valence-corrected chi connectivity index (χ1v) is 9.57. The average Bonchev–Trinajstić information content (AvgIpc) is 3.16. The molecule has 6 nitrogen and oxygen atoms in total. The van der Waals surface area contributed by atoms with Crippen LogP contribution in [0.5, 0.6) is 5.75 Å². The van der Waals surface area contributed by atoms with Gasteiger partial charge in [0, 0.05) is 44.8 Å². The Labute approximate surface area is 163 Å². The molecule has 2 amide bonds. The molecule has 0 radical (unpaired) electrons. The molecule has 0 bridgehead atoms. The van der Waals surface area contributed by atoms with Crippen LogP contribution in [0.25, 0.3) is 0 Å². The fourth-order valence-corrected chi connectivity index (χ4v) is 4.07. The Kier molecular flexibility index (Phi) is 6.27. The van der Waals surface area contributed by atoms with Gasteiger partial charge >= 0.3 is 0 Å². The van der Waals surface area contributed by atoms with E-state index in [4.69, 9.17) is 27.9 Å². The number of ether oxygens (including phenoxy) is 1. The molecule has 0 atom stereocenters. The van der Waals surface area contributed by atoms with Gasteiger partial charge in [-0.25, -0.2) is 0 Å². The molecule has 0 aliphatic carbocycles. The van der Waals surface area contributed by atoms with Gasteiger partial charge in [-0.05, 0) is 25.0 Å². The monoisotopic (exact) mass is 399 g/mol. The molecule has 1 aromatic rings. The molecule has 1 aromatic carbocycles. The summed E-state index contributed by atoms with van der Waals surface area (Å²) in [5.41, 5.74) is 0.447. The predicted octanol–water partition coefficient (Wildman–Crippen LogP) is 2.38. The lowest BCUT2D eigenvalue weighted by molar-refractivity contribution is -0.131. The summed E-state index contributed by atoms with van der Waals surface area (Å²) in [5, 5.41) is 0.636. The van der Waals surface area contributed by atoms with Crippen LogP contribution >= 0.6 is 23.2 Å². The normalized spacial score (nSPS) is 18.3. The molecular formula is C18H23Cl2N3O3. The van der Waals surface area contributed by atoms with Crippen molar-refractivity contribution in [2.45, 2.75) is 12.8 Å². The van der Waals surface area contributed by atoms with Gasteiger partial charge in [-0.2, -0.15) is 0 Å². The molecule has 2 fully saturated rings. The first kappa shape index (κ1) is 19.3. The minimum atomic E-state index is -0.109. The van der Waals surface area contributed by atoms with E-state index >= 15 is 0 Å². The number of methoxy groups -OCH3 is 1. The molecule has 0 aromatic heterocycles. The second-order valence-corrected chi connectivity index (χ2v) is 7.44. The zero-order chi connectivity index (χ0) is 18.7. The molecule has 3 rings (SSSR count). The van der Waals surface area contributed by atoms with Crippen molar-refractivity contribution in [2.75, 3.05) is 52.9 Å².